The largest absolute Gasteiger partial charge is 0.353 e. The molecule has 2 N–H and O–H groups in total. The molecule has 3 heterocycles. The highest BCUT2D eigenvalue weighted by atomic mass is 16.2. The fraction of sp³-hybridized carbons (Fsp3) is 0.136. The zero-order valence-corrected chi connectivity index (χ0v) is 15.1. The van der Waals surface area contributed by atoms with E-state index in [1.807, 2.05) is 54.7 Å². The van der Waals surface area contributed by atoms with Gasteiger partial charge < -0.3 is 15.2 Å². The van der Waals surface area contributed by atoms with Crippen molar-refractivity contribution < 1.29 is 9.59 Å². The Morgan fingerprint density at radius 2 is 1.79 bits per heavy atom. The Bertz CT molecular complexity index is 1230. The molecule has 28 heavy (non-hydrogen) atoms. The molecule has 1 aliphatic rings. The molecule has 1 saturated heterocycles. The van der Waals surface area contributed by atoms with Crippen LogP contribution in [-0.2, 0) is 4.79 Å². The predicted molar refractivity (Wildman–Crippen MR) is 108 cm³/mol. The van der Waals surface area contributed by atoms with Crippen molar-refractivity contribution in [3.63, 3.8) is 0 Å². The van der Waals surface area contributed by atoms with E-state index in [-0.39, 0.29) is 18.4 Å². The number of aromatic nitrogens is 2. The molecule has 1 fully saturated rings. The maximum atomic E-state index is 13.1. The number of piperazine rings is 1. The van der Waals surface area contributed by atoms with E-state index < -0.39 is 0 Å². The molecule has 138 valence electrons. The van der Waals surface area contributed by atoms with Crippen LogP contribution in [-0.4, -0.2) is 46.3 Å². The van der Waals surface area contributed by atoms with Gasteiger partial charge in [-0.25, -0.2) is 4.98 Å². The highest BCUT2D eigenvalue weighted by Gasteiger charge is 2.24. The lowest BCUT2D eigenvalue weighted by Crippen LogP contribution is -2.50. The van der Waals surface area contributed by atoms with Crippen LogP contribution in [0.3, 0.4) is 0 Å². The lowest BCUT2D eigenvalue weighted by molar-refractivity contribution is -0.123. The first kappa shape index (κ1) is 16.5. The molecule has 2 aromatic carbocycles. The zero-order valence-electron chi connectivity index (χ0n) is 15.1. The van der Waals surface area contributed by atoms with Gasteiger partial charge in [0.1, 0.15) is 5.65 Å². The van der Waals surface area contributed by atoms with E-state index >= 15 is 0 Å². The molecule has 5 rings (SSSR count). The standard InChI is InChI=1S/C22H18N4O2/c27-20-13-26(12-11-23-20)22(28)19-6-5-16(14-3-1-2-4-15(14)19)17-7-9-24-21-18(17)8-10-25-21/h1-10H,11-13H2,(H,23,27)(H,24,25). The lowest BCUT2D eigenvalue weighted by Gasteiger charge is -2.27. The van der Waals surface area contributed by atoms with Crippen LogP contribution in [0.2, 0.25) is 0 Å². The quantitative estimate of drug-likeness (QED) is 0.569. The molecule has 1 aliphatic heterocycles. The highest BCUT2D eigenvalue weighted by molar-refractivity contribution is 6.13. The number of nitrogens with one attached hydrogen (secondary N) is 2. The van der Waals surface area contributed by atoms with Crippen LogP contribution in [0.4, 0.5) is 0 Å². The van der Waals surface area contributed by atoms with E-state index in [1.165, 1.54) is 0 Å². The number of nitrogens with zero attached hydrogens (tertiary/aromatic N) is 2. The fourth-order valence-electron chi connectivity index (χ4n) is 3.90. The van der Waals surface area contributed by atoms with Crippen molar-refractivity contribution >= 4 is 33.6 Å². The van der Waals surface area contributed by atoms with Gasteiger partial charge in [0.2, 0.25) is 5.91 Å². The normalized spacial score (nSPS) is 14.4. The van der Waals surface area contributed by atoms with Crippen LogP contribution < -0.4 is 5.32 Å². The second-order valence-corrected chi connectivity index (χ2v) is 6.88. The van der Waals surface area contributed by atoms with Crippen molar-refractivity contribution in [1.29, 1.82) is 0 Å². The first-order chi connectivity index (χ1) is 13.7. The van der Waals surface area contributed by atoms with Crippen molar-refractivity contribution in [2.45, 2.75) is 0 Å². The number of aromatic amines is 1. The molecule has 0 bridgehead atoms. The minimum Gasteiger partial charge on any atom is -0.353 e. The molecule has 0 atom stereocenters. The van der Waals surface area contributed by atoms with E-state index in [4.69, 9.17) is 0 Å². The van der Waals surface area contributed by atoms with Gasteiger partial charge in [0, 0.05) is 36.4 Å². The third kappa shape index (κ3) is 2.62. The third-order valence-electron chi connectivity index (χ3n) is 5.23. The van der Waals surface area contributed by atoms with E-state index in [0.717, 1.165) is 32.9 Å². The van der Waals surface area contributed by atoms with Crippen molar-refractivity contribution in [1.82, 2.24) is 20.2 Å². The topological polar surface area (TPSA) is 78.1 Å². The van der Waals surface area contributed by atoms with Gasteiger partial charge in [-0.15, -0.1) is 0 Å². The smallest absolute Gasteiger partial charge is 0.255 e. The lowest BCUT2D eigenvalue weighted by atomic mass is 9.93. The first-order valence-electron chi connectivity index (χ1n) is 9.22. The predicted octanol–water partition coefficient (Wildman–Crippen LogP) is 2.96. The maximum absolute atomic E-state index is 13.1. The molecule has 4 aromatic rings. The van der Waals surface area contributed by atoms with Crippen LogP contribution in [0.1, 0.15) is 10.4 Å². The number of carbonyl (C=O) groups excluding carboxylic acids is 2. The molecule has 0 unspecified atom stereocenters. The van der Waals surface area contributed by atoms with E-state index in [2.05, 4.69) is 15.3 Å². The van der Waals surface area contributed by atoms with Gasteiger partial charge in [0.15, 0.2) is 0 Å². The average Bonchev–Trinajstić information content (AvgIpc) is 3.21. The number of H-pyrrole nitrogens is 1. The summed E-state index contributed by atoms with van der Waals surface area (Å²) in [6.45, 7) is 1.11. The third-order valence-corrected chi connectivity index (χ3v) is 5.23. The monoisotopic (exact) mass is 370 g/mol. The number of hydrogen-bond donors (Lipinski definition) is 2. The van der Waals surface area contributed by atoms with Crippen LogP contribution in [0.5, 0.6) is 0 Å². The number of pyridine rings is 1. The number of carbonyl (C=O) groups is 2. The number of fused-ring (bicyclic) bond motifs is 2. The summed E-state index contributed by atoms with van der Waals surface area (Å²) in [5, 5.41) is 5.69. The second kappa shape index (κ2) is 6.49. The van der Waals surface area contributed by atoms with Gasteiger partial charge in [-0.2, -0.15) is 0 Å². The first-order valence-corrected chi connectivity index (χ1v) is 9.22. The second-order valence-electron chi connectivity index (χ2n) is 6.88. The molecule has 0 spiro atoms. The van der Waals surface area contributed by atoms with Crippen molar-refractivity contribution in [2.75, 3.05) is 19.6 Å². The molecule has 0 saturated carbocycles. The highest BCUT2D eigenvalue weighted by Crippen LogP contribution is 2.34. The molecule has 0 radical (unpaired) electrons. The SMILES string of the molecule is O=C1CN(C(=O)c2ccc(-c3ccnc4[nH]ccc34)c3ccccc23)CCN1. The van der Waals surface area contributed by atoms with E-state index in [9.17, 15) is 9.59 Å². The summed E-state index contributed by atoms with van der Waals surface area (Å²) in [5.41, 5.74) is 3.57. The summed E-state index contributed by atoms with van der Waals surface area (Å²) in [6, 6.07) is 15.8. The van der Waals surface area contributed by atoms with Crippen molar-refractivity contribution in [3.8, 4) is 11.1 Å². The zero-order chi connectivity index (χ0) is 19.1. The minimum atomic E-state index is -0.118. The Morgan fingerprint density at radius 3 is 2.64 bits per heavy atom. The van der Waals surface area contributed by atoms with Crippen LogP contribution >= 0.6 is 0 Å². The Labute approximate surface area is 161 Å². The summed E-state index contributed by atoms with van der Waals surface area (Å²) < 4.78 is 0. The van der Waals surface area contributed by atoms with Gasteiger partial charge in [-0.05, 0) is 40.1 Å². The Kier molecular flexibility index (Phi) is 3.83. The Morgan fingerprint density at radius 1 is 0.964 bits per heavy atom. The van der Waals surface area contributed by atoms with Crippen LogP contribution in [0, 0.1) is 0 Å². The minimum absolute atomic E-state index is 0.100. The van der Waals surface area contributed by atoms with E-state index in [1.54, 1.807) is 11.1 Å². The Hall–Kier alpha value is -3.67. The van der Waals surface area contributed by atoms with E-state index in [0.29, 0.717) is 18.7 Å². The molecule has 6 nitrogen and oxygen atoms in total. The summed E-state index contributed by atoms with van der Waals surface area (Å²) in [5.74, 6) is -0.230. The number of rotatable bonds is 2. The number of amides is 2. The molecule has 0 aliphatic carbocycles. The molecule has 2 amide bonds. The van der Waals surface area contributed by atoms with Crippen LogP contribution in [0.15, 0.2) is 60.9 Å². The van der Waals surface area contributed by atoms with Gasteiger partial charge in [-0.3, -0.25) is 9.59 Å². The summed E-state index contributed by atoms with van der Waals surface area (Å²) >= 11 is 0. The fourth-order valence-corrected chi connectivity index (χ4v) is 3.90. The maximum Gasteiger partial charge on any atom is 0.255 e. The molecule has 2 aromatic heterocycles. The Balaban J connectivity index is 1.67. The number of benzene rings is 2. The van der Waals surface area contributed by atoms with Gasteiger partial charge in [0.05, 0.1) is 6.54 Å². The average molecular weight is 370 g/mol. The van der Waals surface area contributed by atoms with Crippen molar-refractivity contribution in [2.24, 2.45) is 0 Å². The summed E-state index contributed by atoms with van der Waals surface area (Å²) in [7, 11) is 0. The molecular weight excluding hydrogens is 352 g/mol. The molecule has 6 heteroatoms. The summed E-state index contributed by atoms with van der Waals surface area (Å²) in [4.78, 5) is 33.9. The molecular formula is C22H18N4O2. The van der Waals surface area contributed by atoms with Gasteiger partial charge >= 0.3 is 0 Å². The number of hydrogen-bond acceptors (Lipinski definition) is 3. The van der Waals surface area contributed by atoms with Crippen LogP contribution in [0.25, 0.3) is 32.9 Å². The summed E-state index contributed by atoms with van der Waals surface area (Å²) in [6.07, 6.45) is 3.66. The van der Waals surface area contributed by atoms with Crippen molar-refractivity contribution in [3.05, 3.63) is 66.5 Å². The van der Waals surface area contributed by atoms with Gasteiger partial charge in [-0.1, -0.05) is 30.3 Å². The van der Waals surface area contributed by atoms with Gasteiger partial charge in [0.25, 0.3) is 5.91 Å².